The number of hydrogen-bond donors (Lipinski definition) is 1. The monoisotopic (exact) mass is 412 g/mol. The van der Waals surface area contributed by atoms with Gasteiger partial charge in [-0.3, -0.25) is 9.69 Å². The number of carbonyl (C=O) groups is 2. The number of rotatable bonds is 5. The zero-order chi connectivity index (χ0) is 21.6. The van der Waals surface area contributed by atoms with Crippen LogP contribution in [-0.2, 0) is 9.53 Å². The normalized spacial score (nSPS) is 21.9. The molecule has 1 aliphatic heterocycles. The lowest BCUT2D eigenvalue weighted by Gasteiger charge is -2.41. The summed E-state index contributed by atoms with van der Waals surface area (Å²) in [5.41, 5.74) is 0.898. The summed E-state index contributed by atoms with van der Waals surface area (Å²) in [6.07, 6.45) is 5.77. The molecule has 2 aliphatic rings. The van der Waals surface area contributed by atoms with Crippen molar-refractivity contribution in [3.05, 3.63) is 29.8 Å². The minimum atomic E-state index is -0.694. The van der Waals surface area contributed by atoms with E-state index >= 15 is 0 Å². The maximum absolute atomic E-state index is 12.7. The second-order valence-electron chi connectivity index (χ2n) is 8.46. The Balaban J connectivity index is 1.54. The first-order chi connectivity index (χ1) is 14.5. The highest BCUT2D eigenvalue weighted by atomic mass is 16.5. The molecule has 0 aromatic heterocycles. The molecule has 0 spiro atoms. The Morgan fingerprint density at radius 2 is 1.83 bits per heavy atom. The topological polar surface area (TPSA) is 85.7 Å². The summed E-state index contributed by atoms with van der Waals surface area (Å²) >= 11 is 0. The van der Waals surface area contributed by atoms with Crippen LogP contribution in [0.15, 0.2) is 24.3 Å². The fourth-order valence-electron chi connectivity index (χ4n) is 4.48. The van der Waals surface area contributed by atoms with Gasteiger partial charge >= 0.3 is 5.97 Å². The third-order valence-corrected chi connectivity index (χ3v) is 6.32. The average molecular weight is 413 g/mol. The summed E-state index contributed by atoms with van der Waals surface area (Å²) in [7, 11) is 1.38. The molecule has 2 fully saturated rings. The highest BCUT2D eigenvalue weighted by molar-refractivity contribution is 5.89. The molecule has 1 amide bonds. The van der Waals surface area contributed by atoms with Gasteiger partial charge in [-0.15, -0.1) is 0 Å². The zero-order valence-electron chi connectivity index (χ0n) is 18.0. The van der Waals surface area contributed by atoms with Crippen molar-refractivity contribution in [2.75, 3.05) is 38.2 Å². The van der Waals surface area contributed by atoms with Crippen molar-refractivity contribution < 1.29 is 14.3 Å². The quantitative estimate of drug-likeness (QED) is 0.591. The number of carbonyl (C=O) groups excluding carboxylic acids is 2. The molecule has 1 saturated heterocycles. The van der Waals surface area contributed by atoms with Gasteiger partial charge < -0.3 is 15.0 Å². The third-order valence-electron chi connectivity index (χ3n) is 6.32. The van der Waals surface area contributed by atoms with Gasteiger partial charge in [0.05, 0.1) is 25.3 Å². The van der Waals surface area contributed by atoms with Gasteiger partial charge in [0, 0.05) is 31.4 Å². The maximum Gasteiger partial charge on any atom is 0.337 e. The lowest BCUT2D eigenvalue weighted by Crippen LogP contribution is -2.56. The van der Waals surface area contributed by atoms with Crippen LogP contribution in [-0.4, -0.2) is 61.6 Å². The first kappa shape index (κ1) is 22.1. The molecule has 0 radical (unpaired) electrons. The average Bonchev–Trinajstić information content (AvgIpc) is 3.00. The van der Waals surface area contributed by atoms with Crippen LogP contribution in [0.5, 0.6) is 0 Å². The predicted octanol–water partition coefficient (Wildman–Crippen LogP) is 2.72. The lowest BCUT2D eigenvalue weighted by atomic mass is 9.92. The first-order valence-electron chi connectivity index (χ1n) is 10.9. The first-order valence-corrected chi connectivity index (χ1v) is 10.9. The molecular weight excluding hydrogens is 380 g/mol. The molecule has 7 heteroatoms. The number of nitrogens with zero attached hydrogens (tertiary/aromatic N) is 3. The fraction of sp³-hybridized carbons (Fsp3) is 0.609. The van der Waals surface area contributed by atoms with E-state index in [9.17, 15) is 14.9 Å². The summed E-state index contributed by atoms with van der Waals surface area (Å²) in [4.78, 5) is 28.8. The summed E-state index contributed by atoms with van der Waals surface area (Å²) in [6, 6.07) is 10.0. The van der Waals surface area contributed by atoms with Crippen molar-refractivity contribution in [1.82, 2.24) is 10.2 Å². The van der Waals surface area contributed by atoms with Crippen LogP contribution < -0.4 is 10.2 Å². The highest BCUT2D eigenvalue weighted by Crippen LogP contribution is 2.27. The van der Waals surface area contributed by atoms with Crippen molar-refractivity contribution >= 4 is 17.6 Å². The molecular formula is C23H32N4O3. The number of methoxy groups -OCH3 is 1. The van der Waals surface area contributed by atoms with Crippen molar-refractivity contribution in [3.8, 4) is 6.07 Å². The molecule has 0 bridgehead atoms. The molecule has 30 heavy (non-hydrogen) atoms. The Bertz CT molecular complexity index is 779. The minimum absolute atomic E-state index is 0.0545. The highest BCUT2D eigenvalue weighted by Gasteiger charge is 2.34. The van der Waals surface area contributed by atoms with Gasteiger partial charge in [0.25, 0.3) is 0 Å². The van der Waals surface area contributed by atoms with Gasteiger partial charge in [-0.1, -0.05) is 25.7 Å². The van der Waals surface area contributed by atoms with Crippen LogP contribution in [0.1, 0.15) is 55.8 Å². The molecule has 1 aromatic rings. The van der Waals surface area contributed by atoms with Crippen LogP contribution in [0, 0.1) is 11.3 Å². The van der Waals surface area contributed by atoms with E-state index < -0.39 is 5.54 Å². The molecule has 1 aromatic carbocycles. The van der Waals surface area contributed by atoms with E-state index in [0.717, 1.165) is 63.8 Å². The Morgan fingerprint density at radius 3 is 2.40 bits per heavy atom. The summed E-state index contributed by atoms with van der Waals surface area (Å²) in [5, 5.41) is 12.7. The third kappa shape index (κ3) is 5.31. The van der Waals surface area contributed by atoms with Crippen molar-refractivity contribution in [1.29, 1.82) is 5.26 Å². The predicted molar refractivity (Wildman–Crippen MR) is 115 cm³/mol. The van der Waals surface area contributed by atoms with Gasteiger partial charge in [0.15, 0.2) is 0 Å². The van der Waals surface area contributed by atoms with Crippen molar-refractivity contribution in [2.24, 2.45) is 0 Å². The van der Waals surface area contributed by atoms with E-state index in [1.807, 2.05) is 12.1 Å². The van der Waals surface area contributed by atoms with E-state index in [-0.39, 0.29) is 17.9 Å². The second kappa shape index (κ2) is 9.94. The number of anilines is 1. The number of amides is 1. The van der Waals surface area contributed by atoms with Crippen LogP contribution in [0.4, 0.5) is 5.69 Å². The molecule has 1 unspecified atom stereocenters. The number of piperazine rings is 1. The van der Waals surface area contributed by atoms with Gasteiger partial charge in [0.1, 0.15) is 5.54 Å². The molecule has 1 heterocycles. The lowest BCUT2D eigenvalue weighted by molar-refractivity contribution is -0.124. The number of nitrogens with one attached hydrogen (secondary N) is 1. The number of ether oxygens (including phenoxy) is 1. The Kier molecular flexibility index (Phi) is 7.33. The standard InChI is InChI=1S/C23H32N4O3/c1-18-15-27(20-9-7-19(8-10-20)22(29)30-2)14-13-26(18)16-21(28)25-23(17-24)11-5-3-4-6-12-23/h7-10,18H,3-6,11-16H2,1-2H3,(H,25,28). The van der Waals surface area contributed by atoms with Crippen molar-refractivity contribution in [2.45, 2.75) is 57.0 Å². The van der Waals surface area contributed by atoms with E-state index in [4.69, 9.17) is 4.74 Å². The molecule has 7 nitrogen and oxygen atoms in total. The SMILES string of the molecule is COC(=O)c1ccc(N2CCN(CC(=O)NC3(C#N)CCCCCC3)C(C)C2)cc1. The van der Waals surface area contributed by atoms with E-state index in [2.05, 4.69) is 28.1 Å². The van der Waals surface area contributed by atoms with Crippen LogP contribution in [0.3, 0.4) is 0 Å². The summed E-state index contributed by atoms with van der Waals surface area (Å²) < 4.78 is 4.75. The van der Waals surface area contributed by atoms with Crippen LogP contribution >= 0.6 is 0 Å². The Morgan fingerprint density at radius 1 is 1.17 bits per heavy atom. The molecule has 162 valence electrons. The van der Waals surface area contributed by atoms with E-state index in [1.54, 1.807) is 12.1 Å². The number of hydrogen-bond acceptors (Lipinski definition) is 6. The van der Waals surface area contributed by atoms with E-state index in [0.29, 0.717) is 12.1 Å². The number of esters is 1. The molecule has 1 saturated carbocycles. The Hall–Kier alpha value is -2.59. The summed E-state index contributed by atoms with van der Waals surface area (Å²) in [6.45, 7) is 4.81. The van der Waals surface area contributed by atoms with Crippen LogP contribution in [0.25, 0.3) is 0 Å². The minimum Gasteiger partial charge on any atom is -0.465 e. The van der Waals surface area contributed by atoms with Crippen molar-refractivity contribution in [3.63, 3.8) is 0 Å². The Labute approximate surface area is 179 Å². The van der Waals surface area contributed by atoms with Gasteiger partial charge in [-0.25, -0.2) is 4.79 Å². The summed E-state index contributed by atoms with van der Waals surface area (Å²) in [5.74, 6) is -0.393. The fourth-order valence-corrected chi connectivity index (χ4v) is 4.48. The van der Waals surface area contributed by atoms with Crippen LogP contribution in [0.2, 0.25) is 0 Å². The largest absolute Gasteiger partial charge is 0.465 e. The van der Waals surface area contributed by atoms with Gasteiger partial charge in [-0.2, -0.15) is 5.26 Å². The van der Waals surface area contributed by atoms with E-state index in [1.165, 1.54) is 7.11 Å². The molecule has 3 rings (SSSR count). The van der Waals surface area contributed by atoms with Gasteiger partial charge in [-0.05, 0) is 44.0 Å². The van der Waals surface area contributed by atoms with Gasteiger partial charge in [0.2, 0.25) is 5.91 Å². The molecule has 1 atom stereocenters. The number of nitriles is 1. The number of benzene rings is 1. The molecule has 1 aliphatic carbocycles. The zero-order valence-corrected chi connectivity index (χ0v) is 18.0. The maximum atomic E-state index is 12.7. The second-order valence-corrected chi connectivity index (χ2v) is 8.46. The smallest absolute Gasteiger partial charge is 0.337 e. The molecule has 1 N–H and O–H groups in total.